The molecule has 0 radical (unpaired) electrons. The highest BCUT2D eigenvalue weighted by atomic mass is 35.5. The van der Waals surface area contributed by atoms with Gasteiger partial charge in [-0.05, 0) is 48.0 Å². The van der Waals surface area contributed by atoms with Gasteiger partial charge in [0.2, 0.25) is 0 Å². The maximum Gasteiger partial charge on any atom is 0.355 e. The molecule has 2 aromatic heterocycles. The van der Waals surface area contributed by atoms with E-state index in [0.29, 0.717) is 31.1 Å². The van der Waals surface area contributed by atoms with Gasteiger partial charge < -0.3 is 9.15 Å². The molecule has 0 N–H and O–H groups in total. The monoisotopic (exact) mass is 545 g/mol. The fourth-order valence-electron chi connectivity index (χ4n) is 3.33. The number of thiophene rings is 1. The second-order valence-electron chi connectivity index (χ2n) is 7.16. The summed E-state index contributed by atoms with van der Waals surface area (Å²) in [5.41, 5.74) is 0.768. The first-order valence-corrected chi connectivity index (χ1v) is 12.7. The van der Waals surface area contributed by atoms with Gasteiger partial charge in [0.1, 0.15) is 20.7 Å². The molecular weight excluding hydrogens is 533 g/mol. The lowest BCUT2D eigenvalue weighted by Crippen LogP contribution is -2.27. The lowest BCUT2D eigenvalue weighted by atomic mass is 10.2. The zero-order valence-corrected chi connectivity index (χ0v) is 21.1. The second kappa shape index (κ2) is 9.56. The van der Waals surface area contributed by atoms with Crippen LogP contribution in [-0.2, 0) is 11.3 Å². The molecule has 5 nitrogen and oxygen atoms in total. The number of thiocarbonyl (C=S) groups is 1. The number of hydrogen-bond acceptors (Lipinski definition) is 7. The number of fused-ring (bicyclic) bond motifs is 1. The van der Waals surface area contributed by atoms with E-state index in [0.717, 1.165) is 10.3 Å². The molecular formula is C24H13Cl2NO4S3. The number of furan rings is 1. The van der Waals surface area contributed by atoms with Crippen molar-refractivity contribution in [2.24, 2.45) is 0 Å². The van der Waals surface area contributed by atoms with E-state index in [4.69, 9.17) is 44.6 Å². The van der Waals surface area contributed by atoms with Gasteiger partial charge >= 0.3 is 5.97 Å². The van der Waals surface area contributed by atoms with E-state index in [1.807, 2.05) is 6.07 Å². The van der Waals surface area contributed by atoms with Crippen LogP contribution < -0.4 is 4.74 Å². The van der Waals surface area contributed by atoms with Gasteiger partial charge in [-0.1, -0.05) is 65.4 Å². The molecule has 2 aromatic carbocycles. The van der Waals surface area contributed by atoms with Crippen LogP contribution in [0, 0.1) is 0 Å². The molecule has 3 heterocycles. The molecule has 0 aliphatic carbocycles. The van der Waals surface area contributed by atoms with Crippen molar-refractivity contribution in [3.8, 4) is 5.75 Å². The van der Waals surface area contributed by atoms with Gasteiger partial charge in [0.15, 0.2) is 0 Å². The van der Waals surface area contributed by atoms with Gasteiger partial charge in [-0.15, -0.1) is 11.3 Å². The Morgan fingerprint density at radius 1 is 1.12 bits per heavy atom. The lowest BCUT2D eigenvalue weighted by Gasteiger charge is -2.11. The smallest absolute Gasteiger partial charge is 0.355 e. The van der Waals surface area contributed by atoms with Crippen LogP contribution in [0.25, 0.3) is 16.2 Å². The third-order valence-corrected chi connectivity index (χ3v) is 8.27. The standard InChI is InChI=1S/C24H13Cl2NO4S3/c25-16-4-1-5-17-19(16)20(26)21(33-17)23(29)31-14-8-6-13(7-9-14)11-18-22(28)27(24(32)34-18)12-15-3-2-10-30-15/h1-11H,12H2/b18-11-. The number of hydrogen-bond donors (Lipinski definition) is 0. The average Bonchev–Trinajstić information content (AvgIpc) is 3.51. The number of nitrogens with zero attached hydrogens (tertiary/aromatic N) is 1. The van der Waals surface area contributed by atoms with Crippen molar-refractivity contribution in [3.63, 3.8) is 0 Å². The highest BCUT2D eigenvalue weighted by Gasteiger charge is 2.32. The Morgan fingerprint density at radius 3 is 2.62 bits per heavy atom. The summed E-state index contributed by atoms with van der Waals surface area (Å²) in [6, 6.07) is 15.8. The Balaban J connectivity index is 1.30. The minimum absolute atomic E-state index is 0.181. The number of amides is 1. The second-order valence-corrected chi connectivity index (χ2v) is 10.7. The van der Waals surface area contributed by atoms with Crippen molar-refractivity contribution in [1.82, 2.24) is 4.90 Å². The van der Waals surface area contributed by atoms with Crippen molar-refractivity contribution in [2.45, 2.75) is 6.54 Å². The maximum absolute atomic E-state index is 12.8. The molecule has 4 aromatic rings. The molecule has 0 atom stereocenters. The number of ether oxygens (including phenoxy) is 1. The number of rotatable bonds is 5. The van der Waals surface area contributed by atoms with E-state index < -0.39 is 5.97 Å². The van der Waals surface area contributed by atoms with Crippen LogP contribution in [0.5, 0.6) is 5.75 Å². The Hall–Kier alpha value is -2.62. The van der Waals surface area contributed by atoms with Crippen molar-refractivity contribution in [2.75, 3.05) is 0 Å². The van der Waals surface area contributed by atoms with Gasteiger partial charge in [0.05, 0.1) is 27.8 Å². The summed E-state index contributed by atoms with van der Waals surface area (Å²) in [6.07, 6.45) is 3.30. The number of carbonyl (C=O) groups excluding carboxylic acids is 2. The van der Waals surface area contributed by atoms with E-state index in [1.165, 1.54) is 28.0 Å². The molecule has 34 heavy (non-hydrogen) atoms. The summed E-state index contributed by atoms with van der Waals surface area (Å²) in [5, 5.41) is 1.41. The highest BCUT2D eigenvalue weighted by molar-refractivity contribution is 8.26. The van der Waals surface area contributed by atoms with Gasteiger partial charge in [0, 0.05) is 10.1 Å². The molecule has 0 saturated carbocycles. The number of benzene rings is 2. The molecule has 1 aliphatic heterocycles. The van der Waals surface area contributed by atoms with Gasteiger partial charge in [-0.2, -0.15) is 0 Å². The Kier molecular flexibility index (Phi) is 6.50. The molecule has 170 valence electrons. The molecule has 1 saturated heterocycles. The van der Waals surface area contributed by atoms with Crippen molar-refractivity contribution < 1.29 is 18.7 Å². The van der Waals surface area contributed by atoms with Crippen LogP contribution >= 0.6 is 58.5 Å². The highest BCUT2D eigenvalue weighted by Crippen LogP contribution is 2.40. The summed E-state index contributed by atoms with van der Waals surface area (Å²) in [6.45, 7) is 0.287. The topological polar surface area (TPSA) is 59.8 Å². The van der Waals surface area contributed by atoms with E-state index >= 15 is 0 Å². The van der Waals surface area contributed by atoms with Crippen LogP contribution in [0.2, 0.25) is 10.0 Å². The Bertz CT molecular complexity index is 1460. The van der Waals surface area contributed by atoms with Gasteiger partial charge in [-0.3, -0.25) is 9.69 Å². The van der Waals surface area contributed by atoms with Crippen LogP contribution in [-0.4, -0.2) is 21.1 Å². The minimum Gasteiger partial charge on any atom is -0.467 e. The molecule has 0 spiro atoms. The Labute approximate surface area is 217 Å². The molecule has 10 heteroatoms. The number of halogens is 2. The normalized spacial score (nSPS) is 15.0. The zero-order chi connectivity index (χ0) is 23.8. The van der Waals surface area contributed by atoms with E-state index in [-0.39, 0.29) is 22.4 Å². The first-order valence-electron chi connectivity index (χ1n) is 9.87. The quantitative estimate of drug-likeness (QED) is 0.112. The summed E-state index contributed by atoms with van der Waals surface area (Å²) >= 11 is 20.4. The maximum atomic E-state index is 12.8. The molecule has 0 unspecified atom stereocenters. The third kappa shape index (κ3) is 4.52. The SMILES string of the molecule is O=C(Oc1ccc(/C=C2\SC(=S)N(Cc3ccco3)C2=O)cc1)c1sc2cccc(Cl)c2c1Cl. The largest absolute Gasteiger partial charge is 0.467 e. The summed E-state index contributed by atoms with van der Waals surface area (Å²) in [4.78, 5) is 27.8. The van der Waals surface area contributed by atoms with E-state index in [9.17, 15) is 9.59 Å². The van der Waals surface area contributed by atoms with Crippen molar-refractivity contribution >= 4 is 90.9 Å². The molecule has 1 fully saturated rings. The predicted octanol–water partition coefficient (Wildman–Crippen LogP) is 7.42. The summed E-state index contributed by atoms with van der Waals surface area (Å²) in [7, 11) is 0. The molecule has 1 amide bonds. The number of esters is 1. The van der Waals surface area contributed by atoms with Gasteiger partial charge in [-0.25, -0.2) is 4.79 Å². The van der Waals surface area contributed by atoms with Crippen LogP contribution in [0.1, 0.15) is 21.0 Å². The molecule has 1 aliphatic rings. The number of thioether (sulfide) groups is 1. The van der Waals surface area contributed by atoms with Gasteiger partial charge in [0.25, 0.3) is 5.91 Å². The Morgan fingerprint density at radius 2 is 1.91 bits per heavy atom. The summed E-state index contributed by atoms with van der Waals surface area (Å²) < 4.78 is 12.1. The van der Waals surface area contributed by atoms with Crippen LogP contribution in [0.15, 0.2) is 70.2 Å². The fraction of sp³-hybridized carbons (Fsp3) is 0.0417. The number of carbonyl (C=O) groups is 2. The molecule has 5 rings (SSSR count). The first kappa shape index (κ1) is 23.1. The van der Waals surface area contributed by atoms with Crippen LogP contribution in [0.3, 0.4) is 0 Å². The lowest BCUT2D eigenvalue weighted by molar-refractivity contribution is -0.122. The van der Waals surface area contributed by atoms with Crippen molar-refractivity contribution in [1.29, 1.82) is 0 Å². The third-order valence-electron chi connectivity index (χ3n) is 4.95. The predicted molar refractivity (Wildman–Crippen MR) is 141 cm³/mol. The minimum atomic E-state index is -0.561. The fourth-order valence-corrected chi connectivity index (χ4v) is 6.41. The van der Waals surface area contributed by atoms with E-state index in [2.05, 4.69) is 0 Å². The zero-order valence-electron chi connectivity index (χ0n) is 17.1. The first-order chi connectivity index (χ1) is 16.4. The summed E-state index contributed by atoms with van der Waals surface area (Å²) in [5.74, 6) is 0.269. The van der Waals surface area contributed by atoms with E-state index in [1.54, 1.807) is 60.9 Å². The van der Waals surface area contributed by atoms with Crippen LogP contribution in [0.4, 0.5) is 0 Å². The van der Waals surface area contributed by atoms with Crippen molar-refractivity contribution in [3.05, 3.63) is 92.0 Å². The average molecular weight is 546 g/mol. The molecule has 0 bridgehead atoms.